The number of aldehydes is 1. The number of rotatable bonds is 12. The molecule has 0 bridgehead atoms. The molecule has 6 heteroatoms. The Hall–Kier alpha value is -2.73. The van der Waals surface area contributed by atoms with Gasteiger partial charge < -0.3 is 23.7 Å². The van der Waals surface area contributed by atoms with Crippen LogP contribution in [0.15, 0.2) is 42.5 Å². The molecule has 0 saturated carbocycles. The molecule has 0 aromatic heterocycles. The molecule has 2 aromatic carbocycles. The van der Waals surface area contributed by atoms with Crippen LogP contribution in [0.1, 0.15) is 24.2 Å². The van der Waals surface area contributed by atoms with Crippen molar-refractivity contribution in [2.75, 3.05) is 33.5 Å². The normalized spacial score (nSPS) is 10.5. The Labute approximate surface area is 160 Å². The molecular weight excluding hydrogens is 348 g/mol. The largest absolute Gasteiger partial charge is 0.493 e. The van der Waals surface area contributed by atoms with Crippen LogP contribution >= 0.6 is 0 Å². The van der Waals surface area contributed by atoms with Crippen molar-refractivity contribution in [1.29, 1.82) is 0 Å². The van der Waals surface area contributed by atoms with Crippen LogP contribution in [0.25, 0.3) is 0 Å². The van der Waals surface area contributed by atoms with Gasteiger partial charge in [-0.3, -0.25) is 4.79 Å². The monoisotopic (exact) mass is 374 g/mol. The van der Waals surface area contributed by atoms with Crippen LogP contribution in [0.3, 0.4) is 0 Å². The first-order valence-corrected chi connectivity index (χ1v) is 8.86. The fraction of sp³-hybridized carbons (Fsp3) is 0.381. The highest BCUT2D eigenvalue weighted by Gasteiger charge is 2.07. The lowest BCUT2D eigenvalue weighted by atomic mass is 10.2. The standard InChI is InChI=1S/C21H26O6/c1-16(2)27-20-7-5-4-6-18(20)25-12-10-24-11-13-26-19-9-8-17(15-22)14-21(19)23-3/h4-9,14-16H,10-13H2,1-3H3. The van der Waals surface area contributed by atoms with Gasteiger partial charge in [-0.1, -0.05) is 12.1 Å². The minimum Gasteiger partial charge on any atom is -0.493 e. The Kier molecular flexibility index (Phi) is 8.45. The molecule has 0 heterocycles. The summed E-state index contributed by atoms with van der Waals surface area (Å²) in [6.45, 7) is 5.56. The smallest absolute Gasteiger partial charge is 0.161 e. The van der Waals surface area contributed by atoms with E-state index < -0.39 is 0 Å². The van der Waals surface area contributed by atoms with Crippen molar-refractivity contribution in [3.05, 3.63) is 48.0 Å². The van der Waals surface area contributed by atoms with E-state index in [0.29, 0.717) is 49.2 Å². The van der Waals surface area contributed by atoms with Crippen molar-refractivity contribution in [1.82, 2.24) is 0 Å². The molecule has 0 unspecified atom stereocenters. The molecule has 27 heavy (non-hydrogen) atoms. The highest BCUT2D eigenvalue weighted by Crippen LogP contribution is 2.28. The second kappa shape index (κ2) is 11.1. The molecule has 0 amide bonds. The second-order valence-electron chi connectivity index (χ2n) is 5.95. The molecule has 0 aliphatic rings. The molecule has 0 aliphatic carbocycles. The van der Waals surface area contributed by atoms with Gasteiger partial charge in [0, 0.05) is 5.56 Å². The Morgan fingerprint density at radius 1 is 0.852 bits per heavy atom. The van der Waals surface area contributed by atoms with Crippen molar-refractivity contribution in [2.24, 2.45) is 0 Å². The highest BCUT2D eigenvalue weighted by molar-refractivity contribution is 5.76. The molecular formula is C21H26O6. The Balaban J connectivity index is 1.68. The first-order chi connectivity index (χ1) is 13.1. The molecule has 0 atom stereocenters. The van der Waals surface area contributed by atoms with Gasteiger partial charge in [0.15, 0.2) is 23.0 Å². The summed E-state index contributed by atoms with van der Waals surface area (Å²) in [5.41, 5.74) is 0.536. The van der Waals surface area contributed by atoms with Crippen LogP contribution in [-0.2, 0) is 4.74 Å². The average molecular weight is 374 g/mol. The summed E-state index contributed by atoms with van der Waals surface area (Å²) in [6.07, 6.45) is 0.848. The summed E-state index contributed by atoms with van der Waals surface area (Å²) in [4.78, 5) is 10.8. The van der Waals surface area contributed by atoms with Crippen LogP contribution in [0.4, 0.5) is 0 Å². The van der Waals surface area contributed by atoms with E-state index in [-0.39, 0.29) is 6.10 Å². The fourth-order valence-electron chi connectivity index (χ4n) is 2.32. The van der Waals surface area contributed by atoms with E-state index >= 15 is 0 Å². The van der Waals surface area contributed by atoms with Crippen molar-refractivity contribution >= 4 is 6.29 Å². The highest BCUT2D eigenvalue weighted by atomic mass is 16.6. The van der Waals surface area contributed by atoms with Gasteiger partial charge in [0.1, 0.15) is 19.5 Å². The van der Waals surface area contributed by atoms with E-state index in [2.05, 4.69) is 0 Å². The van der Waals surface area contributed by atoms with Gasteiger partial charge in [-0.05, 0) is 44.2 Å². The van der Waals surface area contributed by atoms with E-state index in [1.807, 2.05) is 38.1 Å². The molecule has 0 saturated heterocycles. The summed E-state index contributed by atoms with van der Waals surface area (Å²) < 4.78 is 27.8. The van der Waals surface area contributed by atoms with E-state index in [1.54, 1.807) is 18.2 Å². The van der Waals surface area contributed by atoms with Gasteiger partial charge in [-0.2, -0.15) is 0 Å². The van der Waals surface area contributed by atoms with Crippen molar-refractivity contribution in [3.63, 3.8) is 0 Å². The minimum atomic E-state index is 0.0840. The van der Waals surface area contributed by atoms with Crippen molar-refractivity contribution < 1.29 is 28.5 Å². The Bertz CT molecular complexity index is 714. The molecule has 0 aliphatic heterocycles. The maximum atomic E-state index is 10.8. The number of carbonyl (C=O) groups excluding carboxylic acids is 1. The summed E-state index contributed by atoms with van der Waals surface area (Å²) in [5.74, 6) is 2.51. The van der Waals surface area contributed by atoms with Gasteiger partial charge >= 0.3 is 0 Å². The van der Waals surface area contributed by atoms with Crippen LogP contribution in [-0.4, -0.2) is 45.9 Å². The van der Waals surface area contributed by atoms with E-state index in [0.717, 1.165) is 12.0 Å². The number of methoxy groups -OCH3 is 1. The molecule has 2 rings (SSSR count). The third-order valence-corrected chi connectivity index (χ3v) is 3.51. The molecule has 2 aromatic rings. The van der Waals surface area contributed by atoms with E-state index in [9.17, 15) is 4.79 Å². The first kappa shape index (κ1) is 20.6. The third kappa shape index (κ3) is 6.83. The number of hydrogen-bond donors (Lipinski definition) is 0. The summed E-state index contributed by atoms with van der Waals surface area (Å²) in [7, 11) is 1.53. The van der Waals surface area contributed by atoms with Gasteiger partial charge in [-0.25, -0.2) is 0 Å². The second-order valence-corrected chi connectivity index (χ2v) is 5.95. The van der Waals surface area contributed by atoms with Crippen LogP contribution in [0.5, 0.6) is 23.0 Å². The molecule has 6 nitrogen and oxygen atoms in total. The maximum Gasteiger partial charge on any atom is 0.161 e. The summed E-state index contributed by atoms with van der Waals surface area (Å²) >= 11 is 0. The van der Waals surface area contributed by atoms with Crippen LogP contribution < -0.4 is 18.9 Å². The fourth-order valence-corrected chi connectivity index (χ4v) is 2.32. The molecule has 0 N–H and O–H groups in total. The van der Waals surface area contributed by atoms with Crippen molar-refractivity contribution in [2.45, 2.75) is 20.0 Å². The Morgan fingerprint density at radius 3 is 2.07 bits per heavy atom. The summed E-state index contributed by atoms with van der Waals surface area (Å²) in [6, 6.07) is 12.6. The zero-order chi connectivity index (χ0) is 19.5. The number of ether oxygens (including phenoxy) is 5. The van der Waals surface area contributed by atoms with Gasteiger partial charge in [-0.15, -0.1) is 0 Å². The maximum absolute atomic E-state index is 10.8. The van der Waals surface area contributed by atoms with E-state index in [4.69, 9.17) is 23.7 Å². The van der Waals surface area contributed by atoms with Crippen LogP contribution in [0.2, 0.25) is 0 Å². The predicted octanol–water partition coefficient (Wildman–Crippen LogP) is 3.77. The zero-order valence-electron chi connectivity index (χ0n) is 16.0. The number of para-hydroxylation sites is 2. The summed E-state index contributed by atoms with van der Waals surface area (Å²) in [5, 5.41) is 0. The van der Waals surface area contributed by atoms with Gasteiger partial charge in [0.2, 0.25) is 0 Å². The van der Waals surface area contributed by atoms with Crippen molar-refractivity contribution in [3.8, 4) is 23.0 Å². The van der Waals surface area contributed by atoms with Gasteiger partial charge in [0.25, 0.3) is 0 Å². The van der Waals surface area contributed by atoms with Gasteiger partial charge in [0.05, 0.1) is 26.4 Å². The third-order valence-electron chi connectivity index (χ3n) is 3.51. The lowest BCUT2D eigenvalue weighted by molar-refractivity contribution is 0.0744. The lowest BCUT2D eigenvalue weighted by Crippen LogP contribution is -2.13. The van der Waals surface area contributed by atoms with Crippen LogP contribution in [0, 0.1) is 0 Å². The number of benzene rings is 2. The molecule has 146 valence electrons. The zero-order valence-corrected chi connectivity index (χ0v) is 16.0. The topological polar surface area (TPSA) is 63.2 Å². The van der Waals surface area contributed by atoms with E-state index in [1.165, 1.54) is 7.11 Å². The Morgan fingerprint density at radius 2 is 1.48 bits per heavy atom. The lowest BCUT2D eigenvalue weighted by Gasteiger charge is -2.15. The molecule has 0 spiro atoms. The predicted molar refractivity (Wildman–Crippen MR) is 102 cm³/mol. The SMILES string of the molecule is COc1cc(C=O)ccc1OCCOCCOc1ccccc1OC(C)C. The molecule has 0 radical (unpaired) electrons. The number of hydrogen-bond acceptors (Lipinski definition) is 6. The number of carbonyl (C=O) groups is 1. The molecule has 0 fully saturated rings. The minimum absolute atomic E-state index is 0.0840. The first-order valence-electron chi connectivity index (χ1n) is 8.86. The average Bonchev–Trinajstić information content (AvgIpc) is 2.68. The quantitative estimate of drug-likeness (QED) is 0.416.